The molecule has 0 aliphatic heterocycles. The topological polar surface area (TPSA) is 12.4 Å². The molecule has 78 valence electrons. The van der Waals surface area contributed by atoms with Crippen molar-refractivity contribution in [2.45, 2.75) is 40.5 Å². The first-order valence-corrected chi connectivity index (χ1v) is 4.97. The Kier molecular flexibility index (Phi) is 42.1. The number of hydrogen-bond acceptors (Lipinski definition) is 1. The molecule has 0 saturated heterocycles. The van der Waals surface area contributed by atoms with Gasteiger partial charge in [-0.1, -0.05) is 45.4 Å². The van der Waals surface area contributed by atoms with Crippen molar-refractivity contribution in [2.75, 3.05) is 6.54 Å². The molecule has 0 aliphatic rings. The maximum atomic E-state index is 3.49. The number of nitrogens with zero attached hydrogens (tertiary/aromatic N) is 1. The quantitative estimate of drug-likeness (QED) is 0.456. The van der Waals surface area contributed by atoms with E-state index in [1.807, 2.05) is 13.8 Å². The summed E-state index contributed by atoms with van der Waals surface area (Å²) in [6.07, 6.45) is 8.47. The highest BCUT2D eigenvalue weighted by Crippen LogP contribution is 1.85. The minimum atomic E-state index is 0.667. The minimum Gasteiger partial charge on any atom is -0.297 e. The molecule has 1 nitrogen and oxygen atoms in total. The smallest absolute Gasteiger partial charge is 0.0560 e. The Bertz CT molecular complexity index is 97.7. The van der Waals surface area contributed by atoms with Gasteiger partial charge in [-0.15, -0.1) is 6.58 Å². The largest absolute Gasteiger partial charge is 0.297 e. The molecule has 1 heteroatoms. The number of aliphatic imine (C=N–C) groups is 1. The fourth-order valence-electron chi connectivity index (χ4n) is 0.425. The second-order valence-electron chi connectivity index (χ2n) is 2.05. The molecule has 0 spiro atoms. The van der Waals surface area contributed by atoms with Gasteiger partial charge in [0.1, 0.15) is 0 Å². The van der Waals surface area contributed by atoms with E-state index in [-0.39, 0.29) is 0 Å². The van der Waals surface area contributed by atoms with E-state index in [4.69, 9.17) is 0 Å². The Morgan fingerprint density at radius 2 is 1.85 bits per heavy atom. The van der Waals surface area contributed by atoms with Crippen molar-refractivity contribution in [1.29, 1.82) is 0 Å². The molecular weight excluding hydrogens is 158 g/mol. The Balaban J connectivity index is -0.000000131. The molecule has 0 amide bonds. The van der Waals surface area contributed by atoms with Crippen LogP contribution in [0.2, 0.25) is 0 Å². The predicted octanol–water partition coefficient (Wildman–Crippen LogP) is 4.26. The van der Waals surface area contributed by atoms with Gasteiger partial charge in [0.05, 0.1) is 6.54 Å². The van der Waals surface area contributed by atoms with Crippen LogP contribution in [0.5, 0.6) is 0 Å². The molecule has 0 aromatic rings. The van der Waals surface area contributed by atoms with Gasteiger partial charge in [-0.3, -0.25) is 4.99 Å². The average Bonchev–Trinajstić information content (AvgIpc) is 2.20. The van der Waals surface area contributed by atoms with Crippen molar-refractivity contribution in [3.8, 4) is 0 Å². The highest BCUT2D eigenvalue weighted by atomic mass is 14.6. The third-order valence-electron chi connectivity index (χ3n) is 0.949. The van der Waals surface area contributed by atoms with Crippen LogP contribution >= 0.6 is 0 Å². The molecule has 0 atom stereocenters. The summed E-state index contributed by atoms with van der Waals surface area (Å²) < 4.78 is 0. The SMILES string of the molecule is C/C=C\CCC.C=CCN=C.CC. The van der Waals surface area contributed by atoms with Crippen LogP contribution < -0.4 is 0 Å². The summed E-state index contributed by atoms with van der Waals surface area (Å²) in [7, 11) is 0. The van der Waals surface area contributed by atoms with Crippen LogP contribution in [-0.4, -0.2) is 13.3 Å². The molecule has 0 unspecified atom stereocenters. The van der Waals surface area contributed by atoms with Crippen molar-refractivity contribution in [3.63, 3.8) is 0 Å². The fourth-order valence-corrected chi connectivity index (χ4v) is 0.425. The molecule has 0 rings (SSSR count). The van der Waals surface area contributed by atoms with Crippen molar-refractivity contribution >= 4 is 6.72 Å². The maximum Gasteiger partial charge on any atom is 0.0560 e. The molecule has 0 aliphatic carbocycles. The number of unbranched alkanes of at least 4 members (excludes halogenated alkanes) is 1. The van der Waals surface area contributed by atoms with Gasteiger partial charge in [-0.2, -0.15) is 0 Å². The fraction of sp³-hybridized carbons (Fsp3) is 0.583. The van der Waals surface area contributed by atoms with E-state index in [0.29, 0.717) is 6.54 Å². The monoisotopic (exact) mass is 183 g/mol. The molecule has 0 saturated carbocycles. The van der Waals surface area contributed by atoms with Gasteiger partial charge in [0.2, 0.25) is 0 Å². The molecule has 0 heterocycles. The van der Waals surface area contributed by atoms with Crippen molar-refractivity contribution in [3.05, 3.63) is 24.8 Å². The van der Waals surface area contributed by atoms with Crippen LogP contribution in [0.15, 0.2) is 29.8 Å². The van der Waals surface area contributed by atoms with E-state index in [9.17, 15) is 0 Å². The van der Waals surface area contributed by atoms with Gasteiger partial charge in [0, 0.05) is 0 Å². The van der Waals surface area contributed by atoms with Gasteiger partial charge < -0.3 is 0 Å². The third kappa shape index (κ3) is 54.2. The number of hydrogen-bond donors (Lipinski definition) is 0. The van der Waals surface area contributed by atoms with E-state index < -0.39 is 0 Å². The molecule has 0 radical (unpaired) electrons. The van der Waals surface area contributed by atoms with Gasteiger partial charge in [-0.05, 0) is 20.1 Å². The molecule has 0 aromatic carbocycles. The van der Waals surface area contributed by atoms with Crippen LogP contribution in [0.3, 0.4) is 0 Å². The molecule has 0 aromatic heterocycles. The Morgan fingerprint density at radius 1 is 1.31 bits per heavy atom. The Morgan fingerprint density at radius 3 is 1.92 bits per heavy atom. The van der Waals surface area contributed by atoms with Crippen molar-refractivity contribution < 1.29 is 0 Å². The summed E-state index contributed by atoms with van der Waals surface area (Å²) in [6, 6.07) is 0. The normalized spacial score (nSPS) is 7.69. The second-order valence-corrected chi connectivity index (χ2v) is 2.05. The van der Waals surface area contributed by atoms with E-state index in [0.717, 1.165) is 0 Å². The van der Waals surface area contributed by atoms with Gasteiger partial charge in [0.15, 0.2) is 0 Å². The zero-order valence-corrected chi connectivity index (χ0v) is 9.71. The lowest BCUT2D eigenvalue weighted by molar-refractivity contribution is 0.957. The summed E-state index contributed by atoms with van der Waals surface area (Å²) in [5.74, 6) is 0. The Hall–Kier alpha value is -0.850. The van der Waals surface area contributed by atoms with Gasteiger partial charge in [0.25, 0.3) is 0 Å². The van der Waals surface area contributed by atoms with Crippen LogP contribution in [-0.2, 0) is 0 Å². The van der Waals surface area contributed by atoms with Crippen LogP contribution in [0.25, 0.3) is 0 Å². The maximum absolute atomic E-state index is 3.49. The number of rotatable bonds is 4. The molecule has 0 bridgehead atoms. The van der Waals surface area contributed by atoms with E-state index >= 15 is 0 Å². The third-order valence-corrected chi connectivity index (χ3v) is 0.949. The zero-order valence-electron chi connectivity index (χ0n) is 9.71. The van der Waals surface area contributed by atoms with Gasteiger partial charge >= 0.3 is 0 Å². The summed E-state index contributed by atoms with van der Waals surface area (Å²) >= 11 is 0. The molecule has 13 heavy (non-hydrogen) atoms. The lowest BCUT2D eigenvalue weighted by Gasteiger charge is -1.76. The van der Waals surface area contributed by atoms with E-state index in [1.54, 1.807) is 6.08 Å². The van der Waals surface area contributed by atoms with Crippen LogP contribution in [0, 0.1) is 0 Å². The van der Waals surface area contributed by atoms with Crippen LogP contribution in [0.4, 0.5) is 0 Å². The number of allylic oxidation sites excluding steroid dienone is 2. The minimum absolute atomic E-state index is 0.667. The van der Waals surface area contributed by atoms with Crippen molar-refractivity contribution in [1.82, 2.24) is 0 Å². The summed E-state index contributed by atoms with van der Waals surface area (Å²) in [6.45, 7) is 15.5. The Labute approximate surface area is 84.3 Å². The van der Waals surface area contributed by atoms with E-state index in [2.05, 4.69) is 44.3 Å². The van der Waals surface area contributed by atoms with Crippen LogP contribution in [0.1, 0.15) is 40.5 Å². The standard InChI is InChI=1S/C6H12.C4H7N.C2H6/c1-3-5-6-4-2;1-3-4-5-2;1-2/h3,5H,4,6H2,1-2H3;3H,1-2,4H2;1-2H3/b5-3-;;. The van der Waals surface area contributed by atoms with Gasteiger partial charge in [-0.25, -0.2) is 0 Å². The first kappa shape index (κ1) is 18.0. The molecule has 0 N–H and O–H groups in total. The summed E-state index contributed by atoms with van der Waals surface area (Å²) in [5.41, 5.74) is 0. The molecular formula is C12H25N. The lowest BCUT2D eigenvalue weighted by atomic mass is 10.3. The predicted molar refractivity (Wildman–Crippen MR) is 65.7 cm³/mol. The van der Waals surface area contributed by atoms with Crippen molar-refractivity contribution in [2.24, 2.45) is 4.99 Å². The molecule has 0 fully saturated rings. The summed E-state index contributed by atoms with van der Waals surface area (Å²) in [4.78, 5) is 3.49. The first-order valence-electron chi connectivity index (χ1n) is 4.97. The lowest BCUT2D eigenvalue weighted by Crippen LogP contribution is -1.60. The summed E-state index contributed by atoms with van der Waals surface area (Å²) in [5, 5.41) is 0. The highest BCUT2D eigenvalue weighted by Gasteiger charge is 1.64. The van der Waals surface area contributed by atoms with E-state index in [1.165, 1.54) is 12.8 Å². The second kappa shape index (κ2) is 30.4. The average molecular weight is 183 g/mol. The zero-order chi connectivity index (χ0) is 10.9. The highest BCUT2D eigenvalue weighted by molar-refractivity contribution is 5.23. The first-order chi connectivity index (χ1) is 6.33.